The molecule has 6 heterocycles. The molecular weight excluding hydrogens is 909 g/mol. The molecule has 14 aromatic rings. The minimum atomic E-state index is -0.514. The van der Waals surface area contributed by atoms with Crippen LogP contribution in [0.3, 0.4) is 0 Å². The van der Waals surface area contributed by atoms with Gasteiger partial charge < -0.3 is 14.5 Å². The van der Waals surface area contributed by atoms with Crippen molar-refractivity contribution in [2.75, 3.05) is 0 Å². The zero-order chi connectivity index (χ0) is 48.7. The molecule has 0 amide bonds. The molecule has 9 aromatic carbocycles. The van der Waals surface area contributed by atoms with E-state index >= 15 is 0 Å². The third-order valence-corrected chi connectivity index (χ3v) is 14.3. The zero-order valence-electron chi connectivity index (χ0n) is 39.7. The number of amidine groups is 2. The Morgan fingerprint density at radius 1 is 0.338 bits per heavy atom. The highest BCUT2D eigenvalue weighted by Gasteiger charge is 2.29. The molecule has 1 N–H and O–H groups in total. The Balaban J connectivity index is 0.959. The van der Waals surface area contributed by atoms with Crippen LogP contribution in [0.5, 0.6) is 0 Å². The van der Waals surface area contributed by atoms with E-state index in [1.165, 1.54) is 0 Å². The van der Waals surface area contributed by atoms with Crippen molar-refractivity contribution in [3.05, 3.63) is 254 Å². The highest BCUT2D eigenvalue weighted by Crippen LogP contribution is 2.44. The number of aliphatic imine (C=N–C) groups is 2. The summed E-state index contributed by atoms with van der Waals surface area (Å²) in [4.78, 5) is 26.1. The molecule has 0 spiro atoms. The van der Waals surface area contributed by atoms with Gasteiger partial charge in [0.15, 0.2) is 17.5 Å². The van der Waals surface area contributed by atoms with Gasteiger partial charge in [0.1, 0.15) is 5.84 Å². The van der Waals surface area contributed by atoms with Gasteiger partial charge in [-0.25, -0.2) is 15.0 Å². The first-order valence-corrected chi connectivity index (χ1v) is 24.8. The van der Waals surface area contributed by atoms with E-state index in [1.54, 1.807) is 0 Å². The number of para-hydroxylation sites is 4. The maximum atomic E-state index is 5.41. The van der Waals surface area contributed by atoms with E-state index in [0.717, 1.165) is 105 Å². The zero-order valence-corrected chi connectivity index (χ0v) is 39.7. The molecule has 1 aliphatic heterocycles. The summed E-state index contributed by atoms with van der Waals surface area (Å²) in [5.41, 5.74) is 14.3. The summed E-state index contributed by atoms with van der Waals surface area (Å²) in [6.45, 7) is 0. The Morgan fingerprint density at radius 3 is 1.28 bits per heavy atom. The van der Waals surface area contributed by atoms with Crippen LogP contribution in [0.25, 0.3) is 106 Å². The molecule has 348 valence electrons. The molecule has 1 unspecified atom stereocenters. The molecule has 0 bridgehead atoms. The van der Waals surface area contributed by atoms with Gasteiger partial charge in [-0.1, -0.05) is 200 Å². The minimum absolute atomic E-state index is 0.514. The van der Waals surface area contributed by atoms with Crippen LogP contribution in [0.15, 0.2) is 253 Å². The Morgan fingerprint density at radius 2 is 0.743 bits per heavy atom. The number of nitrogens with zero attached hydrogens (tertiary/aromatic N) is 9. The van der Waals surface area contributed by atoms with Crippen LogP contribution in [-0.2, 0) is 0 Å². The lowest BCUT2D eigenvalue weighted by atomic mass is 10.1. The number of rotatable bonds is 8. The highest BCUT2D eigenvalue weighted by molar-refractivity contribution is 6.21. The van der Waals surface area contributed by atoms with Crippen LogP contribution >= 0.6 is 0 Å². The minimum Gasteiger partial charge on any atom is -0.331 e. The molecule has 0 saturated carbocycles. The van der Waals surface area contributed by atoms with Crippen molar-refractivity contribution in [3.63, 3.8) is 0 Å². The third-order valence-electron chi connectivity index (χ3n) is 14.3. The Labute approximate surface area is 424 Å². The Hall–Kier alpha value is -10.2. The van der Waals surface area contributed by atoms with Gasteiger partial charge in [-0.2, -0.15) is 9.97 Å². The highest BCUT2D eigenvalue weighted by atomic mass is 15.3. The van der Waals surface area contributed by atoms with Crippen molar-refractivity contribution < 1.29 is 0 Å². The van der Waals surface area contributed by atoms with Crippen LogP contribution < -0.4 is 5.32 Å². The van der Waals surface area contributed by atoms with E-state index in [-0.39, 0.29) is 0 Å². The van der Waals surface area contributed by atoms with Gasteiger partial charge in [0.05, 0.1) is 44.1 Å². The molecule has 0 aliphatic carbocycles. The first kappa shape index (κ1) is 41.6. The number of aromatic nitrogens is 7. The smallest absolute Gasteiger partial charge is 0.238 e. The van der Waals surface area contributed by atoms with Gasteiger partial charge >= 0.3 is 0 Å². The predicted molar refractivity (Wildman–Crippen MR) is 300 cm³/mol. The van der Waals surface area contributed by atoms with Crippen molar-refractivity contribution in [1.82, 2.24) is 38.5 Å². The van der Waals surface area contributed by atoms with E-state index < -0.39 is 6.29 Å². The summed E-state index contributed by atoms with van der Waals surface area (Å²) in [5.74, 6) is 3.20. The number of benzene rings is 9. The van der Waals surface area contributed by atoms with Gasteiger partial charge in [0.2, 0.25) is 12.2 Å². The lowest BCUT2D eigenvalue weighted by molar-refractivity contribution is 0.516. The van der Waals surface area contributed by atoms with E-state index in [1.807, 2.05) is 72.8 Å². The fraction of sp³-hybridized carbons (Fsp3) is 0.0156. The van der Waals surface area contributed by atoms with Crippen LogP contribution in [0.1, 0.15) is 17.4 Å². The topological polar surface area (TPSA) is 95.1 Å². The SMILES string of the molecule is c1ccc(C2=NC(n3c4ccccc4c4c3c3ccccc3n4-c3cccc(-n4c5ccccc5c5c4c4ccccc4n5-c4nc(-c5ccccc5)nc(-c5ccccc5)n4)c3)NC(c3ccccc3)=N2)cc1. The van der Waals surface area contributed by atoms with Crippen molar-refractivity contribution in [2.24, 2.45) is 9.98 Å². The number of fused-ring (bicyclic) bond motifs is 10. The third kappa shape index (κ3) is 6.48. The monoisotopic (exact) mass is 950 g/mol. The average molecular weight is 951 g/mol. The summed E-state index contributed by atoms with van der Waals surface area (Å²) >= 11 is 0. The summed E-state index contributed by atoms with van der Waals surface area (Å²) < 4.78 is 9.42. The standard InChI is InChI=1S/C64H42N10/c1-5-22-41(23-6-1)59-65-60(42-24-7-2-8-25-42)68-63(67-59)73-53-38-19-15-34-49(53)55-57(73)47-32-13-17-36-51(47)71(55)45-30-21-31-46(40-45)72-52-37-18-14-33-48(52)58-56(72)50-35-16-20-39-54(50)74(58)64-69-61(43-26-9-3-10-27-43)66-62(70-64)44-28-11-4-12-29-44/h1-40,63H,(H,65,67,68). The molecule has 0 radical (unpaired) electrons. The van der Waals surface area contributed by atoms with E-state index in [2.05, 4.69) is 193 Å². The van der Waals surface area contributed by atoms with Crippen molar-refractivity contribution in [3.8, 4) is 40.1 Å². The van der Waals surface area contributed by atoms with Crippen molar-refractivity contribution in [1.29, 1.82) is 0 Å². The second kappa shape index (κ2) is 16.7. The van der Waals surface area contributed by atoms with Crippen LogP contribution in [0.4, 0.5) is 0 Å². The molecular formula is C64H42N10. The molecule has 0 saturated heterocycles. The lowest BCUT2D eigenvalue weighted by Gasteiger charge is -2.25. The number of nitrogens with one attached hydrogen (secondary N) is 1. The normalized spacial score (nSPS) is 13.8. The second-order valence-electron chi connectivity index (χ2n) is 18.5. The first-order valence-electron chi connectivity index (χ1n) is 24.8. The van der Waals surface area contributed by atoms with Gasteiger partial charge in [-0.05, 0) is 42.5 Å². The molecule has 74 heavy (non-hydrogen) atoms. The summed E-state index contributed by atoms with van der Waals surface area (Å²) in [6, 6.07) is 84.4. The molecule has 5 aromatic heterocycles. The van der Waals surface area contributed by atoms with Gasteiger partial charge in [-0.15, -0.1) is 0 Å². The largest absolute Gasteiger partial charge is 0.331 e. The summed E-state index contributed by atoms with van der Waals surface area (Å²) in [6.07, 6.45) is -0.514. The molecule has 15 rings (SSSR count). The van der Waals surface area contributed by atoms with Gasteiger partial charge in [-0.3, -0.25) is 9.13 Å². The van der Waals surface area contributed by atoms with Crippen LogP contribution in [-0.4, -0.2) is 44.9 Å². The second-order valence-corrected chi connectivity index (χ2v) is 18.5. The van der Waals surface area contributed by atoms with Crippen molar-refractivity contribution in [2.45, 2.75) is 6.29 Å². The summed E-state index contributed by atoms with van der Waals surface area (Å²) in [5, 5.41) is 8.18. The molecule has 0 fully saturated rings. The fourth-order valence-corrected chi connectivity index (χ4v) is 11.1. The van der Waals surface area contributed by atoms with Crippen LogP contribution in [0.2, 0.25) is 0 Å². The van der Waals surface area contributed by atoms with E-state index in [0.29, 0.717) is 23.4 Å². The fourth-order valence-electron chi connectivity index (χ4n) is 11.1. The maximum absolute atomic E-state index is 5.41. The summed E-state index contributed by atoms with van der Waals surface area (Å²) in [7, 11) is 0. The Kier molecular flexibility index (Phi) is 9.39. The average Bonchev–Trinajstić information content (AvgIpc) is 4.21. The van der Waals surface area contributed by atoms with E-state index in [9.17, 15) is 0 Å². The molecule has 1 aliphatic rings. The molecule has 1 atom stereocenters. The first-order chi connectivity index (χ1) is 36.7. The molecule has 10 heteroatoms. The van der Waals surface area contributed by atoms with E-state index in [4.69, 9.17) is 24.9 Å². The maximum Gasteiger partial charge on any atom is 0.238 e. The predicted octanol–water partition coefficient (Wildman–Crippen LogP) is 14.3. The quantitative estimate of drug-likeness (QED) is 0.164. The molecule has 10 nitrogen and oxygen atoms in total. The van der Waals surface area contributed by atoms with Gasteiger partial charge in [0.25, 0.3) is 0 Å². The van der Waals surface area contributed by atoms with Gasteiger partial charge in [0, 0.05) is 55.2 Å². The van der Waals surface area contributed by atoms with Crippen LogP contribution in [0, 0.1) is 0 Å². The Bertz CT molecular complexity index is 4490. The van der Waals surface area contributed by atoms with Crippen molar-refractivity contribution >= 4 is 77.3 Å². The lowest BCUT2D eigenvalue weighted by Crippen LogP contribution is -2.36. The number of hydrogen-bond acceptors (Lipinski definition) is 6. The number of hydrogen-bond donors (Lipinski definition) is 1.